The van der Waals surface area contributed by atoms with Crippen LogP contribution in [0.2, 0.25) is 0 Å². The number of benzene rings is 1. The number of fused-ring (bicyclic) bond motifs is 3. The molecular formula is C13H16ClN3O. The summed E-state index contributed by atoms with van der Waals surface area (Å²) in [6.45, 7) is 0. The molecule has 0 bridgehead atoms. The fourth-order valence-corrected chi connectivity index (χ4v) is 2.60. The first-order valence-electron chi connectivity index (χ1n) is 5.84. The third-order valence-electron chi connectivity index (χ3n) is 3.51. The van der Waals surface area contributed by atoms with Crippen molar-refractivity contribution < 1.29 is 4.79 Å². The van der Waals surface area contributed by atoms with Gasteiger partial charge in [-0.1, -0.05) is 0 Å². The van der Waals surface area contributed by atoms with Crippen molar-refractivity contribution in [3.05, 3.63) is 35.0 Å². The molecule has 0 radical (unpaired) electrons. The second-order valence-electron chi connectivity index (χ2n) is 4.71. The molecule has 5 N–H and O–H groups in total. The van der Waals surface area contributed by atoms with Gasteiger partial charge >= 0.3 is 0 Å². The lowest BCUT2D eigenvalue weighted by Gasteiger charge is -2.18. The van der Waals surface area contributed by atoms with E-state index in [2.05, 4.69) is 4.98 Å². The van der Waals surface area contributed by atoms with E-state index in [4.69, 9.17) is 11.5 Å². The number of aryl methyl sites for hydroxylation is 1. The molecule has 0 saturated heterocycles. The highest BCUT2D eigenvalue weighted by atomic mass is 35.5. The van der Waals surface area contributed by atoms with Gasteiger partial charge in [-0.05, 0) is 43.0 Å². The summed E-state index contributed by atoms with van der Waals surface area (Å²) in [7, 11) is 0. The number of primary amides is 1. The van der Waals surface area contributed by atoms with Gasteiger partial charge in [0.25, 0.3) is 0 Å². The molecular weight excluding hydrogens is 250 g/mol. The number of hydrogen-bond donors (Lipinski definition) is 3. The molecule has 1 aliphatic rings. The van der Waals surface area contributed by atoms with Crippen LogP contribution in [0.3, 0.4) is 0 Å². The monoisotopic (exact) mass is 265 g/mol. The smallest absolute Gasteiger partial charge is 0.248 e. The lowest BCUT2D eigenvalue weighted by Crippen LogP contribution is -2.27. The van der Waals surface area contributed by atoms with Crippen LogP contribution < -0.4 is 11.5 Å². The van der Waals surface area contributed by atoms with Gasteiger partial charge in [-0.3, -0.25) is 4.79 Å². The minimum Gasteiger partial charge on any atom is -0.366 e. The zero-order valence-corrected chi connectivity index (χ0v) is 10.7. The van der Waals surface area contributed by atoms with Crippen LogP contribution in [0.4, 0.5) is 0 Å². The summed E-state index contributed by atoms with van der Waals surface area (Å²) in [5, 5.41) is 1.09. The number of carbonyl (C=O) groups excluding carboxylic acids is 1. The van der Waals surface area contributed by atoms with Crippen molar-refractivity contribution >= 4 is 29.2 Å². The lowest BCUT2D eigenvalue weighted by atomic mass is 9.92. The molecule has 1 atom stereocenters. The molecule has 1 unspecified atom stereocenters. The van der Waals surface area contributed by atoms with Gasteiger partial charge in [0.15, 0.2) is 0 Å². The van der Waals surface area contributed by atoms with Crippen molar-refractivity contribution in [1.29, 1.82) is 0 Å². The van der Waals surface area contributed by atoms with Crippen LogP contribution in [0.25, 0.3) is 10.9 Å². The number of aromatic amines is 1. The number of nitrogens with two attached hydrogens (primary N) is 2. The molecule has 1 aromatic heterocycles. The van der Waals surface area contributed by atoms with Gasteiger partial charge in [-0.25, -0.2) is 0 Å². The predicted molar refractivity (Wildman–Crippen MR) is 74.1 cm³/mol. The van der Waals surface area contributed by atoms with Crippen LogP contribution in [0.5, 0.6) is 0 Å². The fourth-order valence-electron chi connectivity index (χ4n) is 2.60. The van der Waals surface area contributed by atoms with Crippen LogP contribution >= 0.6 is 12.4 Å². The van der Waals surface area contributed by atoms with Gasteiger partial charge in [-0.15, -0.1) is 12.4 Å². The van der Waals surface area contributed by atoms with E-state index < -0.39 is 0 Å². The summed E-state index contributed by atoms with van der Waals surface area (Å²) in [6.07, 6.45) is 2.87. The summed E-state index contributed by atoms with van der Waals surface area (Å²) < 4.78 is 0. The molecule has 96 valence electrons. The number of H-pyrrole nitrogens is 1. The van der Waals surface area contributed by atoms with Crippen molar-refractivity contribution in [2.24, 2.45) is 11.5 Å². The Morgan fingerprint density at radius 2 is 2.17 bits per heavy atom. The Balaban J connectivity index is 0.00000120. The van der Waals surface area contributed by atoms with E-state index in [9.17, 15) is 4.79 Å². The van der Waals surface area contributed by atoms with E-state index in [0.29, 0.717) is 5.56 Å². The number of carbonyl (C=O) groups is 1. The zero-order valence-electron chi connectivity index (χ0n) is 9.90. The van der Waals surface area contributed by atoms with Crippen molar-refractivity contribution in [1.82, 2.24) is 4.98 Å². The summed E-state index contributed by atoms with van der Waals surface area (Å²) >= 11 is 0. The molecule has 0 saturated carbocycles. The molecule has 0 fully saturated rings. The molecule has 4 nitrogen and oxygen atoms in total. The maximum absolute atomic E-state index is 11.2. The summed E-state index contributed by atoms with van der Waals surface area (Å²) in [5.74, 6) is -0.387. The van der Waals surface area contributed by atoms with E-state index in [-0.39, 0.29) is 24.4 Å². The highest BCUT2D eigenvalue weighted by Crippen LogP contribution is 2.29. The maximum atomic E-state index is 11.2. The Kier molecular flexibility index (Phi) is 3.32. The van der Waals surface area contributed by atoms with Crippen molar-refractivity contribution in [2.45, 2.75) is 25.3 Å². The third kappa shape index (κ3) is 1.98. The fraction of sp³-hybridized carbons (Fsp3) is 0.308. The lowest BCUT2D eigenvalue weighted by molar-refractivity contribution is 0.100. The summed E-state index contributed by atoms with van der Waals surface area (Å²) in [6, 6.07) is 5.76. The quantitative estimate of drug-likeness (QED) is 0.730. The topological polar surface area (TPSA) is 84.9 Å². The van der Waals surface area contributed by atoms with Gasteiger partial charge in [0.1, 0.15) is 0 Å². The molecule has 3 rings (SSSR count). The number of hydrogen-bond acceptors (Lipinski definition) is 2. The minimum absolute atomic E-state index is 0. The first-order chi connectivity index (χ1) is 8.15. The first-order valence-corrected chi connectivity index (χ1v) is 5.84. The number of nitrogens with one attached hydrogen (secondary N) is 1. The highest BCUT2D eigenvalue weighted by molar-refractivity contribution is 5.98. The molecule has 1 aliphatic carbocycles. The standard InChI is InChI=1S/C13H15N3O.ClH/c14-8-2-4-12-10(6-8)9-5-7(13(15)17)1-3-11(9)16-12;/h1,3,5,8,16H,2,4,6,14H2,(H2,15,17);1H. The van der Waals surface area contributed by atoms with E-state index >= 15 is 0 Å². The third-order valence-corrected chi connectivity index (χ3v) is 3.51. The van der Waals surface area contributed by atoms with Crippen LogP contribution in [0.1, 0.15) is 28.0 Å². The second kappa shape index (κ2) is 4.63. The number of amides is 1. The van der Waals surface area contributed by atoms with E-state index in [1.54, 1.807) is 6.07 Å². The van der Waals surface area contributed by atoms with Crippen LogP contribution in [0.15, 0.2) is 18.2 Å². The van der Waals surface area contributed by atoms with E-state index in [1.807, 2.05) is 12.1 Å². The van der Waals surface area contributed by atoms with Gasteiger partial charge in [0.2, 0.25) is 5.91 Å². The zero-order chi connectivity index (χ0) is 12.0. The van der Waals surface area contributed by atoms with Crippen LogP contribution in [-0.2, 0) is 12.8 Å². The van der Waals surface area contributed by atoms with E-state index in [1.165, 1.54) is 11.3 Å². The van der Waals surface area contributed by atoms with Crippen LogP contribution in [-0.4, -0.2) is 16.9 Å². The Morgan fingerprint density at radius 1 is 1.39 bits per heavy atom. The predicted octanol–water partition coefficient (Wildman–Crippen LogP) is 1.50. The molecule has 1 amide bonds. The Bertz CT molecular complexity index is 606. The molecule has 0 spiro atoms. The number of rotatable bonds is 1. The first kappa shape index (κ1) is 12.9. The highest BCUT2D eigenvalue weighted by Gasteiger charge is 2.20. The molecule has 1 heterocycles. The molecule has 5 heteroatoms. The number of aromatic nitrogens is 1. The van der Waals surface area contributed by atoms with Crippen molar-refractivity contribution in [3.63, 3.8) is 0 Å². The molecule has 2 aromatic rings. The second-order valence-corrected chi connectivity index (χ2v) is 4.71. The maximum Gasteiger partial charge on any atom is 0.248 e. The van der Waals surface area contributed by atoms with E-state index in [0.717, 1.165) is 30.2 Å². The van der Waals surface area contributed by atoms with Gasteiger partial charge in [-0.2, -0.15) is 0 Å². The summed E-state index contributed by atoms with van der Waals surface area (Å²) in [5.41, 5.74) is 15.4. The van der Waals surface area contributed by atoms with Gasteiger partial charge < -0.3 is 16.5 Å². The van der Waals surface area contributed by atoms with Gasteiger partial charge in [0, 0.05) is 28.2 Å². The summed E-state index contributed by atoms with van der Waals surface area (Å²) in [4.78, 5) is 14.6. The van der Waals surface area contributed by atoms with Crippen molar-refractivity contribution in [2.75, 3.05) is 0 Å². The number of halogens is 1. The Hall–Kier alpha value is -1.52. The molecule has 18 heavy (non-hydrogen) atoms. The average Bonchev–Trinajstić information content (AvgIpc) is 2.66. The van der Waals surface area contributed by atoms with Crippen molar-refractivity contribution in [3.8, 4) is 0 Å². The Labute approximate surface area is 111 Å². The Morgan fingerprint density at radius 3 is 2.89 bits per heavy atom. The molecule has 1 aromatic carbocycles. The largest absolute Gasteiger partial charge is 0.366 e. The average molecular weight is 266 g/mol. The van der Waals surface area contributed by atoms with Crippen LogP contribution in [0, 0.1) is 0 Å². The molecule has 0 aliphatic heterocycles. The minimum atomic E-state index is -0.387. The SMILES string of the molecule is Cl.NC(=O)c1ccc2[nH]c3c(c2c1)CC(N)CC3. The normalized spacial score (nSPS) is 18.2. The van der Waals surface area contributed by atoms with Gasteiger partial charge in [0.05, 0.1) is 0 Å².